The highest BCUT2D eigenvalue weighted by molar-refractivity contribution is 5.98. The molecule has 0 aromatic heterocycles. The first-order valence-corrected chi connectivity index (χ1v) is 10.1. The summed E-state index contributed by atoms with van der Waals surface area (Å²) < 4.78 is 56.3. The molecule has 0 bridgehead atoms. The van der Waals surface area contributed by atoms with Crippen molar-refractivity contribution in [3.05, 3.63) is 82.9 Å². The maximum absolute atomic E-state index is 13.4. The van der Waals surface area contributed by atoms with E-state index in [0.717, 1.165) is 28.8 Å². The molecule has 0 saturated carbocycles. The second-order valence-corrected chi connectivity index (χ2v) is 7.57. The van der Waals surface area contributed by atoms with E-state index < -0.39 is 17.8 Å². The molecule has 172 valence electrons. The first-order chi connectivity index (χ1) is 15.8. The van der Waals surface area contributed by atoms with Crippen LogP contribution in [0, 0.1) is 0 Å². The first-order valence-electron chi connectivity index (χ1n) is 10.1. The molecule has 1 heterocycles. The Labute approximate surface area is 189 Å². The van der Waals surface area contributed by atoms with Crippen LogP contribution < -0.4 is 19.1 Å². The number of halogens is 3. The molecule has 1 aliphatic rings. The summed E-state index contributed by atoms with van der Waals surface area (Å²) in [7, 11) is 4.55. The van der Waals surface area contributed by atoms with Crippen LogP contribution in [-0.2, 0) is 17.4 Å². The molecule has 0 aliphatic carbocycles. The molecule has 1 amide bonds. The van der Waals surface area contributed by atoms with Crippen LogP contribution in [0.3, 0.4) is 0 Å². The zero-order valence-corrected chi connectivity index (χ0v) is 18.3. The van der Waals surface area contributed by atoms with Crippen molar-refractivity contribution in [1.82, 2.24) is 0 Å². The summed E-state index contributed by atoms with van der Waals surface area (Å²) >= 11 is 0. The maximum atomic E-state index is 13.4. The summed E-state index contributed by atoms with van der Waals surface area (Å²) in [4.78, 5) is 14.7. The van der Waals surface area contributed by atoms with Crippen molar-refractivity contribution in [2.75, 3.05) is 26.2 Å². The molecule has 3 aromatic rings. The van der Waals surface area contributed by atoms with Crippen LogP contribution in [0.4, 0.5) is 18.9 Å². The fourth-order valence-corrected chi connectivity index (χ4v) is 4.12. The number of anilines is 1. The molecule has 33 heavy (non-hydrogen) atoms. The predicted molar refractivity (Wildman–Crippen MR) is 117 cm³/mol. The molecular formula is C25H22F3NO4. The average molecular weight is 457 g/mol. The number of methoxy groups -OCH3 is 3. The highest BCUT2D eigenvalue weighted by atomic mass is 19.4. The van der Waals surface area contributed by atoms with E-state index in [0.29, 0.717) is 17.2 Å². The minimum atomic E-state index is -4.53. The van der Waals surface area contributed by atoms with Crippen molar-refractivity contribution in [3.8, 4) is 17.2 Å². The highest BCUT2D eigenvalue weighted by Crippen LogP contribution is 2.44. The average Bonchev–Trinajstić information content (AvgIpc) is 2.82. The third-order valence-corrected chi connectivity index (χ3v) is 5.69. The number of ether oxygens (including phenoxy) is 3. The fourth-order valence-electron chi connectivity index (χ4n) is 4.12. The molecule has 1 aliphatic heterocycles. The molecule has 5 nitrogen and oxygen atoms in total. The van der Waals surface area contributed by atoms with Crippen LogP contribution >= 0.6 is 0 Å². The van der Waals surface area contributed by atoms with Crippen LogP contribution in [0.1, 0.15) is 28.3 Å². The Bertz CT molecular complexity index is 1180. The van der Waals surface area contributed by atoms with Crippen LogP contribution in [0.25, 0.3) is 0 Å². The molecule has 1 atom stereocenters. The summed E-state index contributed by atoms with van der Waals surface area (Å²) in [5.74, 6) is 1.24. The Kier molecular flexibility index (Phi) is 5.93. The van der Waals surface area contributed by atoms with Gasteiger partial charge in [-0.15, -0.1) is 0 Å². The van der Waals surface area contributed by atoms with E-state index in [4.69, 9.17) is 14.2 Å². The van der Waals surface area contributed by atoms with Crippen molar-refractivity contribution in [2.24, 2.45) is 0 Å². The fraction of sp³-hybridized carbons (Fsp3) is 0.240. The number of hydrogen-bond donors (Lipinski definition) is 0. The topological polar surface area (TPSA) is 48.0 Å². The van der Waals surface area contributed by atoms with Gasteiger partial charge in [0.1, 0.15) is 5.75 Å². The molecule has 0 saturated heterocycles. The van der Waals surface area contributed by atoms with E-state index in [1.165, 1.54) is 31.3 Å². The third kappa shape index (κ3) is 4.20. The highest BCUT2D eigenvalue weighted by Gasteiger charge is 2.37. The Hall–Kier alpha value is -3.68. The van der Waals surface area contributed by atoms with Gasteiger partial charge in [0.15, 0.2) is 11.5 Å². The molecule has 3 aromatic carbocycles. The van der Waals surface area contributed by atoms with E-state index in [2.05, 4.69) is 0 Å². The van der Waals surface area contributed by atoms with Gasteiger partial charge in [-0.3, -0.25) is 4.79 Å². The SMILES string of the molecule is COc1ccc(C2c3cc(OC)c(OC)cc3CC(=O)N2c2cccc(C(F)(F)F)c2)cc1. The zero-order chi connectivity index (χ0) is 23.8. The molecule has 0 radical (unpaired) electrons. The second-order valence-electron chi connectivity index (χ2n) is 7.57. The van der Waals surface area contributed by atoms with Gasteiger partial charge in [-0.1, -0.05) is 18.2 Å². The van der Waals surface area contributed by atoms with E-state index >= 15 is 0 Å². The molecular weight excluding hydrogens is 435 g/mol. The maximum Gasteiger partial charge on any atom is 0.416 e. The number of alkyl halides is 3. The van der Waals surface area contributed by atoms with Crippen molar-refractivity contribution in [2.45, 2.75) is 18.6 Å². The van der Waals surface area contributed by atoms with Crippen molar-refractivity contribution >= 4 is 11.6 Å². The quantitative estimate of drug-likeness (QED) is 0.514. The minimum absolute atomic E-state index is 0.0125. The van der Waals surface area contributed by atoms with Crippen LogP contribution in [0.2, 0.25) is 0 Å². The van der Waals surface area contributed by atoms with Crippen LogP contribution in [0.15, 0.2) is 60.7 Å². The molecule has 8 heteroatoms. The van der Waals surface area contributed by atoms with Gasteiger partial charge < -0.3 is 19.1 Å². The minimum Gasteiger partial charge on any atom is -0.497 e. The van der Waals surface area contributed by atoms with E-state index in [1.54, 1.807) is 43.5 Å². The van der Waals surface area contributed by atoms with Crippen molar-refractivity contribution in [3.63, 3.8) is 0 Å². The van der Waals surface area contributed by atoms with E-state index in [9.17, 15) is 18.0 Å². The summed E-state index contributed by atoms with van der Waals surface area (Å²) in [5.41, 5.74) is 1.53. The van der Waals surface area contributed by atoms with Gasteiger partial charge in [-0.05, 0) is 59.2 Å². The lowest BCUT2D eigenvalue weighted by molar-refractivity contribution is -0.137. The molecule has 1 unspecified atom stereocenters. The summed E-state index contributed by atoms with van der Waals surface area (Å²) in [6, 6.07) is 14.7. The summed E-state index contributed by atoms with van der Waals surface area (Å²) in [6.07, 6.45) is -4.52. The van der Waals surface area contributed by atoms with Crippen LogP contribution in [-0.4, -0.2) is 27.2 Å². The second kappa shape index (κ2) is 8.69. The van der Waals surface area contributed by atoms with E-state index in [1.807, 2.05) is 0 Å². The zero-order valence-electron chi connectivity index (χ0n) is 18.3. The van der Waals surface area contributed by atoms with Gasteiger partial charge in [0.25, 0.3) is 0 Å². The number of hydrogen-bond acceptors (Lipinski definition) is 4. The standard InChI is InChI=1S/C25H22F3NO4/c1-31-19-9-7-15(8-10-19)24-20-14-22(33-3)21(32-2)11-16(20)12-23(30)29(24)18-6-4-5-17(13-18)25(26,27)28/h4-11,13-14,24H,12H2,1-3H3. The van der Waals surface area contributed by atoms with Crippen molar-refractivity contribution in [1.29, 1.82) is 0 Å². The predicted octanol–water partition coefficient (Wildman–Crippen LogP) is 5.41. The molecule has 4 rings (SSSR count). The van der Waals surface area contributed by atoms with Gasteiger partial charge in [-0.2, -0.15) is 13.2 Å². The third-order valence-electron chi connectivity index (χ3n) is 5.69. The number of carbonyl (C=O) groups excluding carboxylic acids is 1. The lowest BCUT2D eigenvalue weighted by Gasteiger charge is -2.38. The van der Waals surface area contributed by atoms with Crippen molar-refractivity contribution < 1.29 is 32.2 Å². The first kappa shape index (κ1) is 22.5. The van der Waals surface area contributed by atoms with Crippen LogP contribution in [0.5, 0.6) is 17.2 Å². The number of carbonyl (C=O) groups is 1. The Balaban J connectivity index is 1.93. The summed E-state index contributed by atoms with van der Waals surface area (Å²) in [5, 5.41) is 0. The molecule has 0 spiro atoms. The summed E-state index contributed by atoms with van der Waals surface area (Å²) in [6.45, 7) is 0. The Morgan fingerprint density at radius 1 is 0.879 bits per heavy atom. The normalized spacial score (nSPS) is 15.8. The Morgan fingerprint density at radius 3 is 2.15 bits per heavy atom. The number of amides is 1. The number of nitrogens with zero attached hydrogens (tertiary/aromatic N) is 1. The van der Waals surface area contributed by atoms with Gasteiger partial charge in [0.2, 0.25) is 5.91 Å². The number of rotatable bonds is 5. The number of fused-ring (bicyclic) bond motifs is 1. The number of benzene rings is 3. The van der Waals surface area contributed by atoms with Gasteiger partial charge in [-0.25, -0.2) is 0 Å². The molecule has 0 N–H and O–H groups in total. The van der Waals surface area contributed by atoms with Gasteiger partial charge >= 0.3 is 6.18 Å². The lowest BCUT2D eigenvalue weighted by atomic mass is 9.86. The van der Waals surface area contributed by atoms with Gasteiger partial charge in [0, 0.05) is 5.69 Å². The van der Waals surface area contributed by atoms with Gasteiger partial charge in [0.05, 0.1) is 39.4 Å². The largest absolute Gasteiger partial charge is 0.497 e. The lowest BCUT2D eigenvalue weighted by Crippen LogP contribution is -2.41. The Morgan fingerprint density at radius 2 is 1.55 bits per heavy atom. The monoisotopic (exact) mass is 457 g/mol. The molecule has 0 fully saturated rings. The van der Waals surface area contributed by atoms with E-state index in [-0.39, 0.29) is 18.0 Å². The smallest absolute Gasteiger partial charge is 0.416 e.